The molecule has 0 saturated heterocycles. The summed E-state index contributed by atoms with van der Waals surface area (Å²) in [5.74, 6) is 0. The Balaban J connectivity index is 2.15. The molecule has 0 aliphatic heterocycles. The maximum atomic E-state index is 4.23. The van der Waals surface area contributed by atoms with E-state index in [0.717, 1.165) is 15.9 Å². The number of halogens is 1. The normalized spacial score (nSPS) is 10.3. The molecule has 0 radical (unpaired) electrons. The largest absolute Gasteiger partial charge is 0.378 e. The van der Waals surface area contributed by atoms with Crippen molar-refractivity contribution in [2.45, 2.75) is 20.4 Å². The summed E-state index contributed by atoms with van der Waals surface area (Å²) in [5, 5.41) is 3.38. The van der Waals surface area contributed by atoms with Crippen LogP contribution in [0.5, 0.6) is 0 Å². The van der Waals surface area contributed by atoms with Gasteiger partial charge < -0.3 is 5.32 Å². The first-order chi connectivity index (χ1) is 8.16. The number of anilines is 1. The van der Waals surface area contributed by atoms with Gasteiger partial charge in [-0.05, 0) is 47.0 Å². The molecule has 0 saturated carbocycles. The molecule has 0 atom stereocenters. The summed E-state index contributed by atoms with van der Waals surface area (Å²) >= 11 is 3.57. The molecule has 1 N–H and O–H groups in total. The van der Waals surface area contributed by atoms with Gasteiger partial charge in [-0.2, -0.15) is 0 Å². The van der Waals surface area contributed by atoms with Crippen molar-refractivity contribution in [1.82, 2.24) is 9.97 Å². The van der Waals surface area contributed by atoms with Crippen LogP contribution in [0.3, 0.4) is 0 Å². The molecule has 1 aromatic carbocycles. The summed E-state index contributed by atoms with van der Waals surface area (Å²) in [7, 11) is 0. The lowest BCUT2D eigenvalue weighted by Crippen LogP contribution is -2.04. The van der Waals surface area contributed by atoms with E-state index in [1.807, 2.05) is 0 Å². The van der Waals surface area contributed by atoms with Crippen LogP contribution in [-0.2, 0) is 6.54 Å². The number of hydrogen-bond donors (Lipinski definition) is 1. The Morgan fingerprint density at radius 3 is 2.71 bits per heavy atom. The minimum absolute atomic E-state index is 0.677. The van der Waals surface area contributed by atoms with E-state index in [0.29, 0.717) is 6.54 Å². The number of aryl methyl sites for hydroxylation is 2. The smallest absolute Gasteiger partial charge is 0.0777 e. The van der Waals surface area contributed by atoms with E-state index in [4.69, 9.17) is 0 Å². The van der Waals surface area contributed by atoms with Gasteiger partial charge in [0.25, 0.3) is 0 Å². The standard InChI is InChI=1S/C13H14BrN3/c1-9-5-10(2)13(12(14)6-9)17-8-11-7-15-3-4-16-11/h3-7,17H,8H2,1-2H3. The molecular weight excluding hydrogens is 278 g/mol. The van der Waals surface area contributed by atoms with Gasteiger partial charge in [0.15, 0.2) is 0 Å². The van der Waals surface area contributed by atoms with Gasteiger partial charge in [0, 0.05) is 16.9 Å². The van der Waals surface area contributed by atoms with Gasteiger partial charge in [0.2, 0.25) is 0 Å². The number of hydrogen-bond acceptors (Lipinski definition) is 3. The van der Waals surface area contributed by atoms with E-state index in [1.54, 1.807) is 18.6 Å². The number of rotatable bonds is 3. The van der Waals surface area contributed by atoms with Crippen molar-refractivity contribution in [3.63, 3.8) is 0 Å². The summed E-state index contributed by atoms with van der Waals surface area (Å²) in [4.78, 5) is 8.27. The van der Waals surface area contributed by atoms with E-state index in [-0.39, 0.29) is 0 Å². The molecule has 2 aromatic rings. The summed E-state index contributed by atoms with van der Waals surface area (Å²) < 4.78 is 1.08. The van der Waals surface area contributed by atoms with Gasteiger partial charge in [0.05, 0.1) is 24.1 Å². The van der Waals surface area contributed by atoms with Gasteiger partial charge in [-0.1, -0.05) is 6.07 Å². The SMILES string of the molecule is Cc1cc(C)c(NCc2cnccn2)c(Br)c1. The van der Waals surface area contributed by atoms with Crippen LogP contribution in [-0.4, -0.2) is 9.97 Å². The molecule has 0 spiro atoms. The lowest BCUT2D eigenvalue weighted by atomic mass is 10.1. The predicted molar refractivity (Wildman–Crippen MR) is 73.0 cm³/mol. The van der Waals surface area contributed by atoms with Crippen LogP contribution in [0.1, 0.15) is 16.8 Å². The minimum Gasteiger partial charge on any atom is -0.378 e. The van der Waals surface area contributed by atoms with Crippen molar-refractivity contribution < 1.29 is 0 Å². The van der Waals surface area contributed by atoms with E-state index in [2.05, 4.69) is 57.2 Å². The third-order valence-corrected chi connectivity index (χ3v) is 3.12. The highest BCUT2D eigenvalue weighted by Crippen LogP contribution is 2.27. The van der Waals surface area contributed by atoms with Crippen molar-refractivity contribution in [2.75, 3.05) is 5.32 Å². The maximum Gasteiger partial charge on any atom is 0.0777 e. The number of nitrogens with zero attached hydrogens (tertiary/aromatic N) is 2. The summed E-state index contributed by atoms with van der Waals surface area (Å²) in [6.45, 7) is 4.86. The molecule has 17 heavy (non-hydrogen) atoms. The minimum atomic E-state index is 0.677. The molecule has 0 aliphatic rings. The molecule has 0 fully saturated rings. The second kappa shape index (κ2) is 5.27. The second-order valence-corrected chi connectivity index (χ2v) is 4.84. The lowest BCUT2D eigenvalue weighted by Gasteiger charge is -2.12. The fourth-order valence-corrected chi connectivity index (χ4v) is 2.55. The second-order valence-electron chi connectivity index (χ2n) is 3.99. The van der Waals surface area contributed by atoms with Crippen LogP contribution < -0.4 is 5.32 Å². The number of benzene rings is 1. The number of aromatic nitrogens is 2. The average molecular weight is 292 g/mol. The van der Waals surface area contributed by atoms with Crippen LogP contribution in [0.15, 0.2) is 35.2 Å². The van der Waals surface area contributed by atoms with Crippen molar-refractivity contribution in [1.29, 1.82) is 0 Å². The van der Waals surface area contributed by atoms with Gasteiger partial charge in [-0.15, -0.1) is 0 Å². The third-order valence-electron chi connectivity index (χ3n) is 2.49. The highest BCUT2D eigenvalue weighted by atomic mass is 79.9. The Hall–Kier alpha value is -1.42. The third kappa shape index (κ3) is 3.03. The van der Waals surface area contributed by atoms with Crippen LogP contribution >= 0.6 is 15.9 Å². The summed E-state index contributed by atoms with van der Waals surface area (Å²) in [5.41, 5.74) is 4.51. The Morgan fingerprint density at radius 2 is 2.06 bits per heavy atom. The molecular formula is C13H14BrN3. The Kier molecular flexibility index (Phi) is 3.74. The zero-order valence-electron chi connectivity index (χ0n) is 9.87. The molecule has 0 unspecified atom stereocenters. The van der Waals surface area contributed by atoms with Crippen molar-refractivity contribution in [3.8, 4) is 0 Å². The summed E-state index contributed by atoms with van der Waals surface area (Å²) in [6.07, 6.45) is 5.15. The molecule has 4 heteroatoms. The maximum absolute atomic E-state index is 4.23. The van der Waals surface area contributed by atoms with Gasteiger partial charge >= 0.3 is 0 Å². The molecule has 0 aliphatic carbocycles. The molecule has 3 nitrogen and oxygen atoms in total. The van der Waals surface area contributed by atoms with E-state index in [9.17, 15) is 0 Å². The van der Waals surface area contributed by atoms with E-state index in [1.165, 1.54) is 11.1 Å². The zero-order valence-corrected chi connectivity index (χ0v) is 11.5. The summed E-state index contributed by atoms with van der Waals surface area (Å²) in [6, 6.07) is 4.26. The topological polar surface area (TPSA) is 37.8 Å². The van der Waals surface area contributed by atoms with Crippen molar-refractivity contribution in [2.24, 2.45) is 0 Å². The monoisotopic (exact) mass is 291 g/mol. The van der Waals surface area contributed by atoms with E-state index >= 15 is 0 Å². The molecule has 1 heterocycles. The molecule has 88 valence electrons. The fourth-order valence-electron chi connectivity index (χ4n) is 1.74. The van der Waals surface area contributed by atoms with Crippen LogP contribution in [0.4, 0.5) is 5.69 Å². The highest BCUT2D eigenvalue weighted by molar-refractivity contribution is 9.10. The van der Waals surface area contributed by atoms with Gasteiger partial charge in [0.1, 0.15) is 0 Å². The lowest BCUT2D eigenvalue weighted by molar-refractivity contribution is 1.00. The molecule has 0 bridgehead atoms. The van der Waals surface area contributed by atoms with Crippen LogP contribution in [0, 0.1) is 13.8 Å². The zero-order chi connectivity index (χ0) is 12.3. The van der Waals surface area contributed by atoms with Crippen LogP contribution in [0.25, 0.3) is 0 Å². The molecule has 1 aromatic heterocycles. The first-order valence-corrected chi connectivity index (χ1v) is 6.21. The quantitative estimate of drug-likeness (QED) is 0.941. The Morgan fingerprint density at radius 1 is 1.24 bits per heavy atom. The average Bonchev–Trinajstić information content (AvgIpc) is 2.29. The first-order valence-electron chi connectivity index (χ1n) is 5.42. The molecule has 2 rings (SSSR count). The van der Waals surface area contributed by atoms with Crippen molar-refractivity contribution in [3.05, 3.63) is 52.0 Å². The first kappa shape index (κ1) is 12.0. The van der Waals surface area contributed by atoms with E-state index < -0.39 is 0 Å². The fraction of sp³-hybridized carbons (Fsp3) is 0.231. The Bertz CT molecular complexity index is 488. The number of nitrogens with one attached hydrogen (secondary N) is 1. The predicted octanol–water partition coefficient (Wildman–Crippen LogP) is 3.47. The van der Waals surface area contributed by atoms with Gasteiger partial charge in [-0.25, -0.2) is 0 Å². The highest BCUT2D eigenvalue weighted by Gasteiger charge is 2.04. The van der Waals surface area contributed by atoms with Crippen LogP contribution in [0.2, 0.25) is 0 Å². The molecule has 0 amide bonds. The Labute approximate surface area is 109 Å². The van der Waals surface area contributed by atoms with Gasteiger partial charge in [-0.3, -0.25) is 9.97 Å². The van der Waals surface area contributed by atoms with Crippen molar-refractivity contribution >= 4 is 21.6 Å².